The predicted octanol–water partition coefficient (Wildman–Crippen LogP) is 5.33. The van der Waals surface area contributed by atoms with Crippen molar-refractivity contribution in [2.75, 3.05) is 14.2 Å². The molecule has 0 aliphatic heterocycles. The average Bonchev–Trinajstić information content (AvgIpc) is 3.76. The SMILES string of the molecule is CC1CCC(n2c(=O)n(C)c3cnc4[nH]c(-c5cn(C)nc5F)c(-c5ccc(C(C)CC(=O)O)cc5)c4c32)C1.CNC(=O)OC. The van der Waals surface area contributed by atoms with E-state index in [-0.39, 0.29) is 24.1 Å². The predicted molar refractivity (Wildman–Crippen MR) is 169 cm³/mol. The number of nitrogens with zero attached hydrogens (tertiary/aromatic N) is 5. The molecule has 13 heteroatoms. The van der Waals surface area contributed by atoms with Crippen molar-refractivity contribution in [1.82, 2.24) is 34.2 Å². The Morgan fingerprint density at radius 2 is 1.93 bits per heavy atom. The number of carbonyl (C=O) groups excluding carboxylic acids is 1. The van der Waals surface area contributed by atoms with Crippen molar-refractivity contribution in [2.24, 2.45) is 20.0 Å². The summed E-state index contributed by atoms with van der Waals surface area (Å²) in [6.07, 6.45) is 5.85. The van der Waals surface area contributed by atoms with Gasteiger partial charge in [-0.2, -0.15) is 4.39 Å². The monoisotopic (exact) mass is 619 g/mol. The van der Waals surface area contributed by atoms with Gasteiger partial charge in [0.2, 0.25) is 5.95 Å². The summed E-state index contributed by atoms with van der Waals surface area (Å²) in [5.41, 5.74) is 5.26. The second-order valence-corrected chi connectivity index (χ2v) is 11.7. The molecule has 6 rings (SSSR count). The quantitative estimate of drug-likeness (QED) is 0.232. The van der Waals surface area contributed by atoms with Gasteiger partial charge in [0.15, 0.2) is 0 Å². The van der Waals surface area contributed by atoms with Gasteiger partial charge in [-0.25, -0.2) is 14.6 Å². The standard InChI is InChI=1S/C29H31FN6O3.C3H7NO2/c1-15-5-10-19(11-15)36-26-21(35(4)29(36)39)13-31-28-24(26)23(25(32-28)20-14-34(3)33-27(20)30)18-8-6-17(7-9-18)16(2)12-22(37)38;1-4-3(5)6-2/h6-9,13-16,19H,5,10-12H2,1-4H3,(H,31,32)(H,37,38);1-2H3,(H,4,5). The van der Waals surface area contributed by atoms with Gasteiger partial charge in [0.05, 0.1) is 47.4 Å². The molecule has 1 amide bonds. The minimum atomic E-state index is -0.853. The summed E-state index contributed by atoms with van der Waals surface area (Å²) < 4.78 is 24.2. The van der Waals surface area contributed by atoms with E-state index in [1.54, 1.807) is 31.1 Å². The number of methoxy groups -OCH3 is 1. The van der Waals surface area contributed by atoms with Gasteiger partial charge in [0, 0.05) is 38.9 Å². The number of aryl methyl sites for hydroxylation is 2. The Bertz CT molecular complexity index is 1930. The van der Waals surface area contributed by atoms with E-state index in [0.717, 1.165) is 52.4 Å². The van der Waals surface area contributed by atoms with Crippen molar-refractivity contribution in [3.8, 4) is 22.4 Å². The van der Waals surface area contributed by atoms with Crippen LogP contribution in [0, 0.1) is 11.9 Å². The zero-order chi connectivity index (χ0) is 32.6. The van der Waals surface area contributed by atoms with Gasteiger partial charge >= 0.3 is 17.8 Å². The van der Waals surface area contributed by atoms with Gasteiger partial charge in [0.25, 0.3) is 0 Å². The molecular formula is C32H38FN7O5. The zero-order valence-electron chi connectivity index (χ0n) is 26.2. The Labute approximate surface area is 258 Å². The topological polar surface area (TPSA) is 149 Å². The Balaban J connectivity index is 0.000000609. The molecule has 4 aromatic heterocycles. The molecule has 3 N–H and O–H groups in total. The fraction of sp³-hybridized carbons (Fsp3) is 0.406. The highest BCUT2D eigenvalue weighted by atomic mass is 19.1. The van der Waals surface area contributed by atoms with Crippen LogP contribution >= 0.6 is 0 Å². The molecule has 1 saturated carbocycles. The van der Waals surface area contributed by atoms with E-state index in [2.05, 4.69) is 32.0 Å². The first kappa shape index (κ1) is 31.5. The van der Waals surface area contributed by atoms with Crippen molar-refractivity contribution >= 4 is 34.1 Å². The van der Waals surface area contributed by atoms with E-state index in [1.165, 1.54) is 18.8 Å². The summed E-state index contributed by atoms with van der Waals surface area (Å²) in [5.74, 6) is -1.09. The van der Waals surface area contributed by atoms with Gasteiger partial charge in [-0.05, 0) is 42.2 Å². The number of carboxylic acid groups (broad SMARTS) is 1. The molecule has 4 heterocycles. The third kappa shape index (κ3) is 5.94. The number of hydrogen-bond acceptors (Lipinski definition) is 6. The number of H-pyrrole nitrogens is 1. The summed E-state index contributed by atoms with van der Waals surface area (Å²) >= 11 is 0. The van der Waals surface area contributed by atoms with Gasteiger partial charge < -0.3 is 20.1 Å². The first-order valence-electron chi connectivity index (χ1n) is 14.8. The number of alkyl carbamates (subject to hydrolysis) is 1. The number of hydrogen-bond donors (Lipinski definition) is 3. The lowest BCUT2D eigenvalue weighted by atomic mass is 9.93. The van der Waals surface area contributed by atoms with E-state index in [9.17, 15) is 19.5 Å². The third-order valence-corrected chi connectivity index (χ3v) is 8.59. The molecule has 3 atom stereocenters. The van der Waals surface area contributed by atoms with Crippen molar-refractivity contribution in [1.29, 1.82) is 0 Å². The summed E-state index contributed by atoms with van der Waals surface area (Å²) in [7, 11) is 6.25. The summed E-state index contributed by atoms with van der Waals surface area (Å²) in [5, 5.41) is 16.2. The van der Waals surface area contributed by atoms with E-state index < -0.39 is 18.0 Å². The Kier molecular flexibility index (Phi) is 8.80. The maximum Gasteiger partial charge on any atom is 0.406 e. The van der Waals surface area contributed by atoms with E-state index in [0.29, 0.717) is 22.8 Å². The Hall–Kier alpha value is -4.94. The number of rotatable bonds is 6. The maximum atomic E-state index is 15.1. The maximum absolute atomic E-state index is 15.1. The van der Waals surface area contributed by atoms with Crippen LogP contribution in [0.15, 0.2) is 41.5 Å². The first-order valence-corrected chi connectivity index (χ1v) is 14.8. The van der Waals surface area contributed by atoms with Crippen LogP contribution in [0.3, 0.4) is 0 Å². The number of fused-ring (bicyclic) bond motifs is 3. The number of aromatic nitrogens is 6. The van der Waals surface area contributed by atoms with Crippen molar-refractivity contribution in [3.05, 3.63) is 58.7 Å². The van der Waals surface area contributed by atoms with Gasteiger partial charge in [0.1, 0.15) is 5.65 Å². The number of nitrogens with one attached hydrogen (secondary N) is 2. The van der Waals surface area contributed by atoms with Gasteiger partial charge in [-0.3, -0.25) is 18.6 Å². The second kappa shape index (κ2) is 12.6. The van der Waals surface area contributed by atoms with Crippen molar-refractivity contribution in [3.63, 3.8) is 0 Å². The number of aliphatic carboxylic acids is 1. The lowest BCUT2D eigenvalue weighted by Crippen LogP contribution is -2.25. The lowest BCUT2D eigenvalue weighted by molar-refractivity contribution is -0.137. The highest BCUT2D eigenvalue weighted by Crippen LogP contribution is 2.43. The fourth-order valence-corrected chi connectivity index (χ4v) is 6.31. The molecule has 238 valence electrons. The van der Waals surface area contributed by atoms with Crippen LogP contribution in [0.1, 0.15) is 57.1 Å². The molecule has 0 radical (unpaired) electrons. The molecule has 1 aromatic carbocycles. The second-order valence-electron chi connectivity index (χ2n) is 11.7. The molecule has 12 nitrogen and oxygen atoms in total. The van der Waals surface area contributed by atoms with Crippen LogP contribution in [0.25, 0.3) is 44.5 Å². The number of ether oxygens (including phenoxy) is 1. The van der Waals surface area contributed by atoms with Crippen LogP contribution < -0.4 is 11.0 Å². The molecule has 1 aliphatic rings. The van der Waals surface area contributed by atoms with Gasteiger partial charge in [-0.15, -0.1) is 5.10 Å². The van der Waals surface area contributed by atoms with Crippen LogP contribution in [0.5, 0.6) is 0 Å². The zero-order valence-corrected chi connectivity index (χ0v) is 26.2. The minimum Gasteiger partial charge on any atom is -0.481 e. The molecule has 1 fully saturated rings. The highest BCUT2D eigenvalue weighted by Gasteiger charge is 2.30. The molecule has 45 heavy (non-hydrogen) atoms. The summed E-state index contributed by atoms with van der Waals surface area (Å²) in [6.45, 7) is 4.09. The minimum absolute atomic E-state index is 0.0270. The number of imidazole rings is 1. The van der Waals surface area contributed by atoms with E-state index >= 15 is 4.39 Å². The molecule has 0 bridgehead atoms. The highest BCUT2D eigenvalue weighted by molar-refractivity contribution is 6.14. The van der Waals surface area contributed by atoms with E-state index in [1.807, 2.05) is 35.8 Å². The normalized spacial score (nSPS) is 16.9. The van der Waals surface area contributed by atoms with Crippen molar-refractivity contribution in [2.45, 2.75) is 51.5 Å². The molecule has 1 aliphatic carbocycles. The van der Waals surface area contributed by atoms with Gasteiger partial charge in [-0.1, -0.05) is 38.1 Å². The Morgan fingerprint density at radius 3 is 2.47 bits per heavy atom. The van der Waals surface area contributed by atoms with Crippen molar-refractivity contribution < 1.29 is 23.8 Å². The van der Waals surface area contributed by atoms with E-state index in [4.69, 9.17) is 0 Å². The molecular weight excluding hydrogens is 581 g/mol. The molecule has 0 spiro atoms. The number of carbonyl (C=O) groups is 2. The molecule has 5 aromatic rings. The number of halogens is 1. The number of carboxylic acids is 1. The fourth-order valence-electron chi connectivity index (χ4n) is 6.31. The smallest absolute Gasteiger partial charge is 0.406 e. The number of amides is 1. The molecule has 0 saturated heterocycles. The number of aromatic amines is 1. The number of benzene rings is 1. The summed E-state index contributed by atoms with van der Waals surface area (Å²) in [4.78, 5) is 42.7. The number of pyridine rings is 1. The third-order valence-electron chi connectivity index (χ3n) is 8.59. The summed E-state index contributed by atoms with van der Waals surface area (Å²) in [6, 6.07) is 7.75. The largest absolute Gasteiger partial charge is 0.481 e. The van der Waals surface area contributed by atoms with Crippen LogP contribution in [0.2, 0.25) is 0 Å². The lowest BCUT2D eigenvalue weighted by Gasteiger charge is -2.14. The van der Waals surface area contributed by atoms with Crippen LogP contribution in [-0.4, -0.2) is 60.2 Å². The van der Waals surface area contributed by atoms with Crippen LogP contribution in [-0.2, 0) is 23.6 Å². The average molecular weight is 620 g/mol. The first-order chi connectivity index (χ1) is 21.4. The van der Waals surface area contributed by atoms with Crippen LogP contribution in [0.4, 0.5) is 9.18 Å². The Morgan fingerprint density at radius 1 is 1.22 bits per heavy atom. The molecule has 3 unspecified atom stereocenters.